The van der Waals surface area contributed by atoms with E-state index in [0.717, 1.165) is 27.7 Å². The van der Waals surface area contributed by atoms with Crippen LogP contribution in [0.15, 0.2) is 35.1 Å². The molecule has 1 N–H and O–H groups in total. The number of hydrogen-bond acceptors (Lipinski definition) is 3. The Balaban J connectivity index is 2.20. The van der Waals surface area contributed by atoms with Gasteiger partial charge in [0.15, 0.2) is 0 Å². The maximum Gasteiger partial charge on any atom is 0.343 e. The number of carbonyl (C=O) groups is 1. The van der Waals surface area contributed by atoms with Crippen LogP contribution in [0.2, 0.25) is 0 Å². The minimum Gasteiger partial charge on any atom is -0.465 e. The zero-order valence-electron chi connectivity index (χ0n) is 14.3. The van der Waals surface area contributed by atoms with Gasteiger partial charge in [-0.3, -0.25) is 4.79 Å². The molecule has 0 unspecified atom stereocenters. The average Bonchev–Trinajstić information content (AvgIpc) is 2.87. The van der Waals surface area contributed by atoms with Crippen LogP contribution in [-0.2, 0) is 18.2 Å². The highest BCUT2D eigenvalue weighted by Gasteiger charge is 2.16. The fraction of sp³-hybridized carbons (Fsp3) is 0.263. The Morgan fingerprint density at radius 3 is 2.67 bits per heavy atom. The Bertz CT molecular complexity index is 996. The first-order valence-electron chi connectivity index (χ1n) is 7.87. The molecule has 5 nitrogen and oxygen atoms in total. The van der Waals surface area contributed by atoms with E-state index in [2.05, 4.69) is 33.3 Å². The van der Waals surface area contributed by atoms with Crippen molar-refractivity contribution in [3.63, 3.8) is 0 Å². The third kappa shape index (κ3) is 2.52. The number of rotatable bonds is 3. The Morgan fingerprint density at radius 1 is 1.25 bits per heavy atom. The molecule has 0 aliphatic carbocycles. The number of carbonyl (C=O) groups excluding carboxylic acids is 1. The van der Waals surface area contributed by atoms with Gasteiger partial charge in [-0.15, -0.1) is 0 Å². The Labute approximate surface area is 139 Å². The highest BCUT2D eigenvalue weighted by atomic mass is 16.5. The second-order valence-corrected chi connectivity index (χ2v) is 5.88. The average molecular weight is 324 g/mol. The summed E-state index contributed by atoms with van der Waals surface area (Å²) in [7, 11) is 3.30. The van der Waals surface area contributed by atoms with Gasteiger partial charge in [0.1, 0.15) is 5.56 Å². The van der Waals surface area contributed by atoms with E-state index in [-0.39, 0.29) is 5.56 Å². The number of aryl methyl sites for hydroxylation is 3. The lowest BCUT2D eigenvalue weighted by atomic mass is 10.0. The smallest absolute Gasteiger partial charge is 0.343 e. The summed E-state index contributed by atoms with van der Waals surface area (Å²) in [5.74, 6) is -0.619. The normalized spacial score (nSPS) is 11.0. The third-order valence-corrected chi connectivity index (χ3v) is 4.48. The van der Waals surface area contributed by atoms with E-state index >= 15 is 0 Å². The quantitative estimate of drug-likeness (QED) is 0.753. The molecule has 0 fully saturated rings. The van der Waals surface area contributed by atoms with Gasteiger partial charge in [-0.05, 0) is 48.7 Å². The van der Waals surface area contributed by atoms with E-state index in [9.17, 15) is 9.59 Å². The SMILES string of the molecule is CCc1cc(C(=O)OC)c(=O)[nH]c1-c1ccc2c(c1)cc(C)n2C. The Morgan fingerprint density at radius 2 is 2.00 bits per heavy atom. The molecule has 0 amide bonds. The van der Waals surface area contributed by atoms with Crippen LogP contribution in [0.25, 0.3) is 22.2 Å². The molecule has 0 aliphatic heterocycles. The zero-order chi connectivity index (χ0) is 17.4. The second kappa shape index (κ2) is 6.00. The van der Waals surface area contributed by atoms with Crippen LogP contribution in [0, 0.1) is 6.92 Å². The molecule has 0 saturated heterocycles. The van der Waals surface area contributed by atoms with Crippen molar-refractivity contribution in [1.82, 2.24) is 9.55 Å². The summed E-state index contributed by atoms with van der Waals surface area (Å²) in [5, 5.41) is 1.12. The van der Waals surface area contributed by atoms with Crippen LogP contribution in [0.4, 0.5) is 0 Å². The summed E-state index contributed by atoms with van der Waals surface area (Å²) in [5.41, 5.74) is 4.50. The number of methoxy groups -OCH3 is 1. The van der Waals surface area contributed by atoms with Crippen molar-refractivity contribution in [3.8, 4) is 11.3 Å². The lowest BCUT2D eigenvalue weighted by Gasteiger charge is -2.10. The first-order chi connectivity index (χ1) is 11.5. The van der Waals surface area contributed by atoms with Gasteiger partial charge in [0.05, 0.1) is 12.8 Å². The zero-order valence-corrected chi connectivity index (χ0v) is 14.3. The largest absolute Gasteiger partial charge is 0.465 e. The number of pyridine rings is 1. The molecule has 124 valence electrons. The van der Waals surface area contributed by atoms with Crippen LogP contribution < -0.4 is 5.56 Å². The molecule has 5 heteroatoms. The molecule has 0 spiro atoms. The van der Waals surface area contributed by atoms with E-state index in [0.29, 0.717) is 6.42 Å². The third-order valence-electron chi connectivity index (χ3n) is 4.48. The van der Waals surface area contributed by atoms with Crippen molar-refractivity contribution >= 4 is 16.9 Å². The number of nitrogens with one attached hydrogen (secondary N) is 1. The molecule has 0 aliphatic rings. The summed E-state index contributed by atoms with van der Waals surface area (Å²) in [6, 6.07) is 9.84. The minimum atomic E-state index is -0.619. The van der Waals surface area contributed by atoms with E-state index in [1.807, 2.05) is 26.1 Å². The molecule has 0 bridgehead atoms. The predicted octanol–water partition coefficient (Wildman–Crippen LogP) is 3.19. The minimum absolute atomic E-state index is 0.0368. The van der Waals surface area contributed by atoms with Crippen LogP contribution >= 0.6 is 0 Å². The molecule has 3 rings (SSSR count). The van der Waals surface area contributed by atoms with Crippen molar-refractivity contribution < 1.29 is 9.53 Å². The standard InChI is InChI=1S/C19H20N2O3/c1-5-12-10-15(19(23)24-4)18(22)20-17(12)13-6-7-16-14(9-13)8-11(2)21(16)3/h6-10H,5H2,1-4H3,(H,20,22). The van der Waals surface area contributed by atoms with Gasteiger partial charge in [-0.2, -0.15) is 0 Å². The van der Waals surface area contributed by atoms with Crippen molar-refractivity contribution in [3.05, 3.63) is 57.5 Å². The van der Waals surface area contributed by atoms with E-state index in [1.54, 1.807) is 6.07 Å². The molecule has 3 aromatic rings. The number of aromatic amines is 1. The fourth-order valence-electron chi connectivity index (χ4n) is 3.01. The topological polar surface area (TPSA) is 64.1 Å². The van der Waals surface area contributed by atoms with Crippen molar-refractivity contribution in [2.45, 2.75) is 20.3 Å². The fourth-order valence-corrected chi connectivity index (χ4v) is 3.01. The monoisotopic (exact) mass is 324 g/mol. The van der Waals surface area contributed by atoms with Gasteiger partial charge in [-0.25, -0.2) is 4.79 Å². The number of aromatic nitrogens is 2. The summed E-state index contributed by atoms with van der Waals surface area (Å²) < 4.78 is 6.80. The van der Waals surface area contributed by atoms with Gasteiger partial charge in [-0.1, -0.05) is 13.0 Å². The van der Waals surface area contributed by atoms with E-state index in [4.69, 9.17) is 0 Å². The molecular weight excluding hydrogens is 304 g/mol. The van der Waals surface area contributed by atoms with Gasteiger partial charge >= 0.3 is 5.97 Å². The van der Waals surface area contributed by atoms with Gasteiger partial charge in [0.2, 0.25) is 0 Å². The number of esters is 1. The molecule has 0 saturated carbocycles. The van der Waals surface area contributed by atoms with E-state index < -0.39 is 11.5 Å². The van der Waals surface area contributed by atoms with Gasteiger partial charge < -0.3 is 14.3 Å². The Kier molecular flexibility index (Phi) is 4.01. The molecule has 2 heterocycles. The molecular formula is C19H20N2O3. The van der Waals surface area contributed by atoms with Crippen LogP contribution in [0.3, 0.4) is 0 Å². The number of benzene rings is 1. The number of hydrogen-bond donors (Lipinski definition) is 1. The lowest BCUT2D eigenvalue weighted by molar-refractivity contribution is 0.0598. The van der Waals surface area contributed by atoms with Crippen LogP contribution in [0.1, 0.15) is 28.5 Å². The summed E-state index contributed by atoms with van der Waals surface area (Å²) in [6.45, 7) is 4.05. The van der Waals surface area contributed by atoms with Crippen LogP contribution in [0.5, 0.6) is 0 Å². The predicted molar refractivity (Wildman–Crippen MR) is 94.4 cm³/mol. The molecule has 2 aromatic heterocycles. The lowest BCUT2D eigenvalue weighted by Crippen LogP contribution is -2.20. The highest BCUT2D eigenvalue weighted by molar-refractivity contribution is 5.90. The van der Waals surface area contributed by atoms with Crippen molar-refractivity contribution in [1.29, 1.82) is 0 Å². The van der Waals surface area contributed by atoms with E-state index in [1.165, 1.54) is 12.8 Å². The van der Waals surface area contributed by atoms with Crippen molar-refractivity contribution in [2.24, 2.45) is 7.05 Å². The number of H-pyrrole nitrogens is 1. The number of nitrogens with zero attached hydrogens (tertiary/aromatic N) is 1. The summed E-state index contributed by atoms with van der Waals surface area (Å²) >= 11 is 0. The highest BCUT2D eigenvalue weighted by Crippen LogP contribution is 2.27. The van der Waals surface area contributed by atoms with Gasteiger partial charge in [0.25, 0.3) is 5.56 Å². The molecule has 24 heavy (non-hydrogen) atoms. The Hall–Kier alpha value is -2.82. The maximum atomic E-state index is 12.2. The van der Waals surface area contributed by atoms with Gasteiger partial charge in [0, 0.05) is 23.6 Å². The molecule has 1 aromatic carbocycles. The van der Waals surface area contributed by atoms with Crippen LogP contribution in [-0.4, -0.2) is 22.6 Å². The summed E-state index contributed by atoms with van der Waals surface area (Å²) in [4.78, 5) is 26.8. The number of fused-ring (bicyclic) bond motifs is 1. The second-order valence-electron chi connectivity index (χ2n) is 5.88. The molecule has 0 atom stereocenters. The molecule has 0 radical (unpaired) electrons. The van der Waals surface area contributed by atoms with Crippen molar-refractivity contribution in [2.75, 3.05) is 7.11 Å². The maximum absolute atomic E-state index is 12.2. The summed E-state index contributed by atoms with van der Waals surface area (Å²) in [6.07, 6.45) is 0.696. The first-order valence-corrected chi connectivity index (χ1v) is 7.87. The number of ether oxygens (including phenoxy) is 1. The first kappa shape index (κ1) is 16.1.